The molecular formula is C13H20Cl2N4O2. The van der Waals surface area contributed by atoms with E-state index < -0.39 is 0 Å². The predicted octanol–water partition coefficient (Wildman–Crippen LogP) is 2.38. The third-order valence-corrected chi connectivity index (χ3v) is 3.09. The highest BCUT2D eigenvalue weighted by molar-refractivity contribution is 6.37. The summed E-state index contributed by atoms with van der Waals surface area (Å²) in [7, 11) is 1.58. The molecule has 118 valence electrons. The maximum absolute atomic E-state index is 11.6. The van der Waals surface area contributed by atoms with Gasteiger partial charge in [0.25, 0.3) is 0 Å². The van der Waals surface area contributed by atoms with Crippen LogP contribution in [-0.4, -0.2) is 44.2 Å². The van der Waals surface area contributed by atoms with Crippen molar-refractivity contribution >= 4 is 40.7 Å². The molecule has 0 atom stereocenters. The molecule has 0 aliphatic heterocycles. The summed E-state index contributed by atoms with van der Waals surface area (Å²) in [6.07, 6.45) is 0.950. The Kier molecular flexibility index (Phi) is 8.19. The van der Waals surface area contributed by atoms with Gasteiger partial charge in [-0.05, 0) is 12.5 Å². The molecule has 0 saturated carbocycles. The summed E-state index contributed by atoms with van der Waals surface area (Å²) < 4.78 is 4.85. The standard InChI is InChI=1S/C13H20Cl2N4O2/c1-3-4-17-12-9(14)7-10(15)13(19-12)18-8-11(20)16-5-6-21-2/h7H,3-6,8H2,1-2H3,(H,16,20)(H2,17,18,19). The Labute approximate surface area is 134 Å². The zero-order valence-corrected chi connectivity index (χ0v) is 13.6. The van der Waals surface area contributed by atoms with Crippen LogP contribution in [0.15, 0.2) is 6.07 Å². The minimum atomic E-state index is -0.164. The van der Waals surface area contributed by atoms with E-state index in [1.54, 1.807) is 13.2 Å². The smallest absolute Gasteiger partial charge is 0.239 e. The molecule has 1 amide bonds. The monoisotopic (exact) mass is 334 g/mol. The van der Waals surface area contributed by atoms with Crippen LogP contribution < -0.4 is 16.0 Å². The number of amides is 1. The fourth-order valence-electron chi connectivity index (χ4n) is 1.48. The summed E-state index contributed by atoms with van der Waals surface area (Å²) >= 11 is 12.1. The molecule has 0 saturated heterocycles. The van der Waals surface area contributed by atoms with Gasteiger partial charge in [0, 0.05) is 20.2 Å². The molecule has 1 aromatic heterocycles. The highest BCUT2D eigenvalue weighted by Crippen LogP contribution is 2.28. The normalized spacial score (nSPS) is 10.3. The van der Waals surface area contributed by atoms with Crippen LogP contribution in [0.4, 0.5) is 11.6 Å². The van der Waals surface area contributed by atoms with Crippen LogP contribution in [-0.2, 0) is 9.53 Å². The van der Waals surface area contributed by atoms with Crippen LogP contribution in [0.3, 0.4) is 0 Å². The van der Waals surface area contributed by atoms with Crippen molar-refractivity contribution in [1.82, 2.24) is 10.3 Å². The van der Waals surface area contributed by atoms with E-state index in [9.17, 15) is 4.79 Å². The lowest BCUT2D eigenvalue weighted by molar-refractivity contribution is -0.119. The SMILES string of the molecule is CCCNc1nc(NCC(=O)NCCOC)c(Cl)cc1Cl. The lowest BCUT2D eigenvalue weighted by Crippen LogP contribution is -2.32. The second-order valence-corrected chi connectivity index (χ2v) is 5.09. The van der Waals surface area contributed by atoms with Crippen LogP contribution in [0, 0.1) is 0 Å². The third-order valence-electron chi connectivity index (χ3n) is 2.52. The van der Waals surface area contributed by atoms with Crippen molar-refractivity contribution in [2.24, 2.45) is 0 Å². The number of nitrogens with zero attached hydrogens (tertiary/aromatic N) is 1. The number of methoxy groups -OCH3 is 1. The summed E-state index contributed by atoms with van der Waals surface area (Å²) in [6, 6.07) is 1.60. The summed E-state index contributed by atoms with van der Waals surface area (Å²) in [5, 5.41) is 9.50. The first-order chi connectivity index (χ1) is 10.1. The number of carbonyl (C=O) groups excluding carboxylic acids is 1. The van der Waals surface area contributed by atoms with Crippen molar-refractivity contribution in [3.05, 3.63) is 16.1 Å². The van der Waals surface area contributed by atoms with Gasteiger partial charge in [-0.15, -0.1) is 0 Å². The first kappa shape index (κ1) is 17.8. The highest BCUT2D eigenvalue weighted by Gasteiger charge is 2.10. The predicted molar refractivity (Wildman–Crippen MR) is 86.4 cm³/mol. The van der Waals surface area contributed by atoms with Crippen molar-refractivity contribution in [1.29, 1.82) is 0 Å². The van der Waals surface area contributed by atoms with Crippen molar-refractivity contribution in [3.8, 4) is 0 Å². The van der Waals surface area contributed by atoms with E-state index in [0.29, 0.717) is 34.8 Å². The highest BCUT2D eigenvalue weighted by atomic mass is 35.5. The molecule has 1 aromatic rings. The Morgan fingerprint density at radius 3 is 2.52 bits per heavy atom. The molecular weight excluding hydrogens is 315 g/mol. The number of hydrogen-bond acceptors (Lipinski definition) is 5. The van der Waals surface area contributed by atoms with Gasteiger partial charge in [0.2, 0.25) is 5.91 Å². The van der Waals surface area contributed by atoms with Crippen molar-refractivity contribution in [2.75, 3.05) is 44.0 Å². The third kappa shape index (κ3) is 6.37. The molecule has 8 heteroatoms. The van der Waals surface area contributed by atoms with E-state index in [0.717, 1.165) is 13.0 Å². The number of halogens is 2. The Morgan fingerprint density at radius 2 is 1.90 bits per heavy atom. The maximum atomic E-state index is 11.6. The quantitative estimate of drug-likeness (QED) is 0.604. The van der Waals surface area contributed by atoms with Crippen LogP contribution >= 0.6 is 23.2 Å². The van der Waals surface area contributed by atoms with E-state index in [1.165, 1.54) is 0 Å². The van der Waals surface area contributed by atoms with Gasteiger partial charge in [0.1, 0.15) is 11.6 Å². The number of aromatic nitrogens is 1. The number of anilines is 2. The average Bonchev–Trinajstić information content (AvgIpc) is 2.45. The number of hydrogen-bond donors (Lipinski definition) is 3. The lowest BCUT2D eigenvalue weighted by atomic mass is 10.4. The Morgan fingerprint density at radius 1 is 1.24 bits per heavy atom. The van der Waals surface area contributed by atoms with Gasteiger partial charge in [0.05, 0.1) is 23.2 Å². The van der Waals surface area contributed by atoms with E-state index >= 15 is 0 Å². The molecule has 0 spiro atoms. The van der Waals surface area contributed by atoms with Crippen LogP contribution in [0.5, 0.6) is 0 Å². The van der Waals surface area contributed by atoms with Gasteiger partial charge in [-0.25, -0.2) is 4.98 Å². The Balaban J connectivity index is 2.59. The number of nitrogens with one attached hydrogen (secondary N) is 3. The molecule has 0 aliphatic carbocycles. The fraction of sp³-hybridized carbons (Fsp3) is 0.538. The van der Waals surface area contributed by atoms with Crippen LogP contribution in [0.1, 0.15) is 13.3 Å². The van der Waals surface area contributed by atoms with Gasteiger partial charge < -0.3 is 20.7 Å². The molecule has 0 radical (unpaired) electrons. The first-order valence-corrected chi connectivity index (χ1v) is 7.43. The minimum Gasteiger partial charge on any atom is -0.383 e. The fourth-order valence-corrected chi connectivity index (χ4v) is 1.97. The van der Waals surface area contributed by atoms with Gasteiger partial charge in [-0.1, -0.05) is 30.1 Å². The van der Waals surface area contributed by atoms with Crippen molar-refractivity contribution in [2.45, 2.75) is 13.3 Å². The van der Waals surface area contributed by atoms with Crippen LogP contribution in [0.2, 0.25) is 10.0 Å². The molecule has 0 bridgehead atoms. The number of pyridine rings is 1. The van der Waals surface area contributed by atoms with Gasteiger partial charge in [0.15, 0.2) is 0 Å². The Bertz CT molecular complexity index is 472. The molecule has 0 aliphatic rings. The molecule has 6 nitrogen and oxygen atoms in total. The maximum Gasteiger partial charge on any atom is 0.239 e. The second-order valence-electron chi connectivity index (χ2n) is 4.27. The Hall–Kier alpha value is -1.24. The summed E-state index contributed by atoms with van der Waals surface area (Å²) in [5.41, 5.74) is 0. The first-order valence-electron chi connectivity index (χ1n) is 6.67. The van der Waals surface area contributed by atoms with E-state index in [4.69, 9.17) is 27.9 Å². The topological polar surface area (TPSA) is 75.3 Å². The lowest BCUT2D eigenvalue weighted by Gasteiger charge is -2.12. The summed E-state index contributed by atoms with van der Waals surface area (Å²) in [5.74, 6) is 0.801. The molecule has 0 fully saturated rings. The zero-order valence-electron chi connectivity index (χ0n) is 12.1. The summed E-state index contributed by atoms with van der Waals surface area (Å²) in [4.78, 5) is 15.9. The van der Waals surface area contributed by atoms with E-state index in [1.807, 2.05) is 6.92 Å². The minimum absolute atomic E-state index is 0.0747. The van der Waals surface area contributed by atoms with Gasteiger partial charge in [-0.2, -0.15) is 0 Å². The van der Waals surface area contributed by atoms with Crippen molar-refractivity contribution in [3.63, 3.8) is 0 Å². The molecule has 0 unspecified atom stereocenters. The average molecular weight is 335 g/mol. The largest absolute Gasteiger partial charge is 0.383 e. The number of rotatable bonds is 9. The summed E-state index contributed by atoms with van der Waals surface area (Å²) in [6.45, 7) is 3.80. The number of carbonyl (C=O) groups is 1. The van der Waals surface area contributed by atoms with E-state index in [2.05, 4.69) is 20.9 Å². The van der Waals surface area contributed by atoms with Gasteiger partial charge >= 0.3 is 0 Å². The molecule has 0 aromatic carbocycles. The van der Waals surface area contributed by atoms with Crippen molar-refractivity contribution < 1.29 is 9.53 Å². The molecule has 21 heavy (non-hydrogen) atoms. The second kappa shape index (κ2) is 9.65. The van der Waals surface area contributed by atoms with E-state index in [-0.39, 0.29) is 12.5 Å². The van der Waals surface area contributed by atoms with Crippen LogP contribution in [0.25, 0.3) is 0 Å². The number of ether oxygens (including phenoxy) is 1. The molecule has 1 heterocycles. The van der Waals surface area contributed by atoms with Gasteiger partial charge in [-0.3, -0.25) is 4.79 Å². The zero-order chi connectivity index (χ0) is 15.7. The molecule has 3 N–H and O–H groups in total. The molecule has 1 rings (SSSR count).